The van der Waals surface area contributed by atoms with Crippen LogP contribution in [0.5, 0.6) is 0 Å². The summed E-state index contributed by atoms with van der Waals surface area (Å²) in [6.07, 6.45) is 2.48. The Hall–Kier alpha value is -2.27. The predicted octanol–water partition coefficient (Wildman–Crippen LogP) is 6.84. The number of nitrogens with zero attached hydrogens (tertiary/aromatic N) is 2. The van der Waals surface area contributed by atoms with Gasteiger partial charge in [0.2, 0.25) is 10.0 Å². The fraction of sp³-hybridized carbons (Fsp3) is 0.269. The Morgan fingerprint density at radius 1 is 0.971 bits per heavy atom. The number of hydrogen-bond donors (Lipinski definition) is 1. The highest BCUT2D eigenvalue weighted by atomic mass is 35.5. The summed E-state index contributed by atoms with van der Waals surface area (Å²) in [5.41, 5.74) is 2.36. The molecule has 4 rings (SSSR count). The first kappa shape index (κ1) is 25.8. The second-order valence-corrected chi connectivity index (χ2v) is 11.6. The zero-order chi connectivity index (χ0) is 25.0. The minimum atomic E-state index is -3.69. The molecule has 9 heteroatoms. The van der Waals surface area contributed by atoms with Crippen LogP contribution in [0.15, 0.2) is 71.6 Å². The fourth-order valence-electron chi connectivity index (χ4n) is 4.51. The van der Waals surface area contributed by atoms with Crippen LogP contribution in [0, 0.1) is 17.2 Å². The molecular formula is C26H24Cl3N3O2S. The van der Waals surface area contributed by atoms with Gasteiger partial charge in [0.1, 0.15) is 0 Å². The van der Waals surface area contributed by atoms with E-state index in [1.54, 1.807) is 18.2 Å². The van der Waals surface area contributed by atoms with Gasteiger partial charge in [0.15, 0.2) is 0 Å². The van der Waals surface area contributed by atoms with Crippen LogP contribution < -0.4 is 9.62 Å². The molecule has 35 heavy (non-hydrogen) atoms. The lowest BCUT2D eigenvalue weighted by molar-refractivity contribution is 0.343. The second-order valence-electron chi connectivity index (χ2n) is 8.58. The summed E-state index contributed by atoms with van der Waals surface area (Å²) in [7, 11) is -3.69. The van der Waals surface area contributed by atoms with Crippen LogP contribution in [0.4, 0.5) is 5.69 Å². The molecule has 182 valence electrons. The van der Waals surface area contributed by atoms with Gasteiger partial charge < -0.3 is 4.90 Å². The van der Waals surface area contributed by atoms with Crippen LogP contribution >= 0.6 is 34.8 Å². The summed E-state index contributed by atoms with van der Waals surface area (Å²) in [6.45, 7) is 1.06. The quantitative estimate of drug-likeness (QED) is 0.351. The van der Waals surface area contributed by atoms with Crippen molar-refractivity contribution in [2.45, 2.75) is 30.2 Å². The SMILES string of the molecule is N#Cc1cccc(S(=O)(=O)NCC[C@@H]2CC[C@@H](c3ccc(Cl)cc3Cl)N(c3ccc(Cl)cc3)C2)c1. The van der Waals surface area contributed by atoms with Crippen LogP contribution in [-0.4, -0.2) is 21.5 Å². The van der Waals surface area contributed by atoms with Gasteiger partial charge in [-0.25, -0.2) is 13.1 Å². The van der Waals surface area contributed by atoms with E-state index >= 15 is 0 Å². The van der Waals surface area contributed by atoms with E-state index in [4.69, 9.17) is 40.1 Å². The van der Waals surface area contributed by atoms with Crippen LogP contribution in [0.25, 0.3) is 0 Å². The summed E-state index contributed by atoms with van der Waals surface area (Å²) >= 11 is 18.8. The summed E-state index contributed by atoms with van der Waals surface area (Å²) in [6, 6.07) is 21.4. The normalized spacial score (nSPS) is 18.3. The Balaban J connectivity index is 1.48. The van der Waals surface area contributed by atoms with Crippen molar-refractivity contribution in [2.75, 3.05) is 18.0 Å². The maximum absolute atomic E-state index is 12.7. The van der Waals surface area contributed by atoms with Crippen molar-refractivity contribution >= 4 is 50.5 Å². The third kappa shape index (κ3) is 6.30. The van der Waals surface area contributed by atoms with Gasteiger partial charge in [-0.2, -0.15) is 5.26 Å². The number of piperidine rings is 1. The van der Waals surface area contributed by atoms with Crippen molar-refractivity contribution in [2.24, 2.45) is 5.92 Å². The summed E-state index contributed by atoms with van der Waals surface area (Å²) in [5, 5.41) is 10.9. The molecule has 3 aromatic rings. The number of nitriles is 1. The zero-order valence-corrected chi connectivity index (χ0v) is 21.9. The number of benzene rings is 3. The van der Waals surface area contributed by atoms with Gasteiger partial charge in [-0.3, -0.25) is 0 Å². The van der Waals surface area contributed by atoms with Crippen molar-refractivity contribution in [1.82, 2.24) is 4.72 Å². The van der Waals surface area contributed by atoms with E-state index < -0.39 is 10.0 Å². The Bertz CT molecular complexity index is 1340. The van der Waals surface area contributed by atoms with E-state index in [9.17, 15) is 8.42 Å². The molecule has 0 aliphatic carbocycles. The van der Waals surface area contributed by atoms with Gasteiger partial charge >= 0.3 is 0 Å². The summed E-state index contributed by atoms with van der Waals surface area (Å²) < 4.78 is 28.1. The standard InChI is InChI=1S/C26H24Cl3N3O2S/c27-20-5-8-22(9-6-20)32-17-18(4-11-26(32)24-10-7-21(28)15-25(24)29)12-13-31-35(33,34)23-3-1-2-19(14-23)16-30/h1-3,5-10,14-15,18,26,31H,4,11-13,17H2/t18-,26-/m0/s1. The summed E-state index contributed by atoms with van der Waals surface area (Å²) in [4.78, 5) is 2.41. The van der Waals surface area contributed by atoms with Gasteiger partial charge in [0.05, 0.1) is 22.6 Å². The Kier molecular flexibility index (Phi) is 8.26. The van der Waals surface area contributed by atoms with Crippen LogP contribution in [0.3, 0.4) is 0 Å². The molecule has 1 fully saturated rings. The van der Waals surface area contributed by atoms with Crippen molar-refractivity contribution in [3.05, 3.63) is 92.9 Å². The molecule has 0 unspecified atom stereocenters. The average Bonchev–Trinajstić information content (AvgIpc) is 2.85. The topological polar surface area (TPSA) is 73.2 Å². The number of rotatable bonds is 7. The van der Waals surface area contributed by atoms with E-state index in [0.29, 0.717) is 33.6 Å². The van der Waals surface area contributed by atoms with Gasteiger partial charge in [-0.15, -0.1) is 0 Å². The van der Waals surface area contributed by atoms with Gasteiger partial charge in [-0.05, 0) is 85.3 Å². The maximum atomic E-state index is 12.7. The largest absolute Gasteiger partial charge is 0.364 e. The first-order chi connectivity index (χ1) is 16.8. The Morgan fingerprint density at radius 3 is 2.43 bits per heavy atom. The van der Waals surface area contributed by atoms with Crippen LogP contribution in [0.2, 0.25) is 15.1 Å². The molecule has 0 bridgehead atoms. The zero-order valence-electron chi connectivity index (χ0n) is 18.8. The second kappa shape index (κ2) is 11.2. The number of hydrogen-bond acceptors (Lipinski definition) is 4. The molecule has 1 heterocycles. The molecule has 3 aromatic carbocycles. The molecule has 2 atom stereocenters. The Labute approximate surface area is 221 Å². The van der Waals surface area contributed by atoms with Crippen LogP contribution in [-0.2, 0) is 10.0 Å². The highest BCUT2D eigenvalue weighted by Crippen LogP contribution is 2.41. The molecule has 0 spiro atoms. The monoisotopic (exact) mass is 547 g/mol. The first-order valence-corrected chi connectivity index (χ1v) is 13.9. The Morgan fingerprint density at radius 2 is 1.71 bits per heavy atom. The lowest BCUT2D eigenvalue weighted by Crippen LogP contribution is -2.39. The molecule has 0 saturated carbocycles. The molecular weight excluding hydrogens is 525 g/mol. The van der Waals surface area contributed by atoms with E-state index in [-0.39, 0.29) is 16.9 Å². The van der Waals surface area contributed by atoms with Gasteiger partial charge in [0, 0.05) is 33.8 Å². The van der Waals surface area contributed by atoms with Gasteiger partial charge in [0.25, 0.3) is 0 Å². The minimum Gasteiger partial charge on any atom is -0.364 e. The van der Waals surface area contributed by atoms with E-state index in [1.165, 1.54) is 12.1 Å². The summed E-state index contributed by atoms with van der Waals surface area (Å²) in [5.74, 6) is 0.279. The van der Waals surface area contributed by atoms with Crippen molar-refractivity contribution in [3.8, 4) is 6.07 Å². The number of nitrogens with one attached hydrogen (secondary N) is 1. The third-order valence-electron chi connectivity index (χ3n) is 6.28. The molecule has 5 nitrogen and oxygen atoms in total. The number of anilines is 1. The highest BCUT2D eigenvalue weighted by molar-refractivity contribution is 7.89. The average molecular weight is 549 g/mol. The van der Waals surface area contributed by atoms with Crippen molar-refractivity contribution in [3.63, 3.8) is 0 Å². The maximum Gasteiger partial charge on any atom is 0.240 e. The lowest BCUT2D eigenvalue weighted by Gasteiger charge is -2.42. The predicted molar refractivity (Wildman–Crippen MR) is 142 cm³/mol. The molecule has 1 aliphatic rings. The molecule has 1 aliphatic heterocycles. The molecule has 0 aromatic heterocycles. The fourth-order valence-corrected chi connectivity index (χ4v) is 6.26. The van der Waals surface area contributed by atoms with Gasteiger partial charge in [-0.1, -0.05) is 46.9 Å². The number of halogens is 3. The van der Waals surface area contributed by atoms with E-state index in [0.717, 1.165) is 30.6 Å². The molecule has 0 radical (unpaired) electrons. The molecule has 1 saturated heterocycles. The molecule has 0 amide bonds. The smallest absolute Gasteiger partial charge is 0.240 e. The van der Waals surface area contributed by atoms with Crippen molar-refractivity contribution in [1.29, 1.82) is 5.26 Å². The van der Waals surface area contributed by atoms with Crippen LogP contribution in [0.1, 0.15) is 36.4 Å². The van der Waals surface area contributed by atoms with E-state index in [1.807, 2.05) is 42.5 Å². The first-order valence-electron chi connectivity index (χ1n) is 11.2. The lowest BCUT2D eigenvalue weighted by atomic mass is 9.86. The molecule has 1 N–H and O–H groups in total. The number of sulfonamides is 1. The highest BCUT2D eigenvalue weighted by Gasteiger charge is 2.31. The minimum absolute atomic E-state index is 0.0719. The van der Waals surface area contributed by atoms with Crippen molar-refractivity contribution < 1.29 is 8.42 Å². The van der Waals surface area contributed by atoms with E-state index in [2.05, 4.69) is 9.62 Å². The third-order valence-corrected chi connectivity index (χ3v) is 8.55.